The number of carbonyl (C=O) groups excluding carboxylic acids is 2. The van der Waals surface area contributed by atoms with E-state index in [4.69, 9.17) is 10.6 Å². The topological polar surface area (TPSA) is 105 Å². The Hall–Kier alpha value is -2.27. The van der Waals surface area contributed by atoms with Crippen LogP contribution in [-0.2, 0) is 19.7 Å². The molecule has 176 valence electrons. The number of ketones is 1. The highest BCUT2D eigenvalue weighted by Crippen LogP contribution is 2.42. The summed E-state index contributed by atoms with van der Waals surface area (Å²) in [6, 6.07) is 6.91. The highest BCUT2D eigenvalue weighted by Gasteiger charge is 2.48. The zero-order chi connectivity index (χ0) is 24.3. The molecule has 0 aromatic heterocycles. The summed E-state index contributed by atoms with van der Waals surface area (Å²) in [5, 5.41) is 15.2. The Balaban J connectivity index is 2.18. The zero-order valence-electron chi connectivity index (χ0n) is 19.1. The lowest BCUT2D eigenvalue weighted by Gasteiger charge is -2.26. The molecule has 0 saturated carbocycles. The molecule has 3 N–H and O–H groups in total. The van der Waals surface area contributed by atoms with Crippen molar-refractivity contribution < 1.29 is 19.4 Å². The van der Waals surface area contributed by atoms with Crippen LogP contribution in [-0.4, -0.2) is 37.7 Å². The number of amidine groups is 1. The Bertz CT molecular complexity index is 1070. The molecule has 3 rings (SSSR count). The number of hydrogen-bond donors (Lipinski definition) is 2. The number of methoxy groups -OCH3 is 1. The lowest BCUT2D eigenvalue weighted by atomic mass is 9.85. The summed E-state index contributed by atoms with van der Waals surface area (Å²) in [5.41, 5.74) is 2.38. The van der Waals surface area contributed by atoms with Crippen LogP contribution in [0.5, 0.6) is 0 Å². The first kappa shape index (κ1) is 25.4. The molecule has 1 amide bonds. The van der Waals surface area contributed by atoms with Gasteiger partial charge in [0.15, 0.2) is 5.17 Å². The number of halogens is 1. The van der Waals surface area contributed by atoms with E-state index in [-0.39, 0.29) is 21.9 Å². The lowest BCUT2D eigenvalue weighted by Crippen LogP contribution is -2.35. The van der Waals surface area contributed by atoms with Gasteiger partial charge in [0.25, 0.3) is 5.78 Å². The van der Waals surface area contributed by atoms with Crippen molar-refractivity contribution in [3.05, 3.63) is 70.2 Å². The van der Waals surface area contributed by atoms with Gasteiger partial charge in [-0.05, 0) is 34.6 Å². The van der Waals surface area contributed by atoms with Gasteiger partial charge in [-0.25, -0.2) is 0 Å². The number of nitrogens with two attached hydrogens (primary N) is 1. The Labute approximate surface area is 212 Å². The first-order chi connectivity index (χ1) is 15.6. The Morgan fingerprint density at radius 2 is 1.91 bits per heavy atom. The third-order valence-electron chi connectivity index (χ3n) is 5.71. The van der Waals surface area contributed by atoms with Gasteiger partial charge in [-0.15, -0.1) is 0 Å². The van der Waals surface area contributed by atoms with E-state index in [0.29, 0.717) is 27.7 Å². The van der Waals surface area contributed by atoms with Crippen molar-refractivity contribution in [2.75, 3.05) is 10.9 Å². The SMILES string of the molecule is COC1=CC=C(C(O)=C2C(=O)C(=O)N(/C(=N/N)SCI)C2c2ccc(C(C)(C)C)cc2)CC1. The van der Waals surface area contributed by atoms with Gasteiger partial charge in [0.2, 0.25) is 0 Å². The zero-order valence-corrected chi connectivity index (χ0v) is 22.1. The average molecular weight is 581 g/mol. The van der Waals surface area contributed by atoms with Crippen LogP contribution >= 0.6 is 34.4 Å². The second-order valence-electron chi connectivity index (χ2n) is 8.74. The highest BCUT2D eigenvalue weighted by atomic mass is 127. The first-order valence-corrected chi connectivity index (χ1v) is 13.0. The molecule has 1 saturated heterocycles. The molecule has 1 aliphatic carbocycles. The molecule has 1 unspecified atom stereocenters. The number of amides is 1. The number of alkyl halides is 1. The van der Waals surface area contributed by atoms with Gasteiger partial charge in [0.05, 0.1) is 28.2 Å². The van der Waals surface area contributed by atoms with E-state index in [1.54, 1.807) is 19.3 Å². The molecule has 9 heteroatoms. The van der Waals surface area contributed by atoms with Gasteiger partial charge in [0, 0.05) is 6.42 Å². The number of aliphatic hydroxyl groups excluding tert-OH is 1. The van der Waals surface area contributed by atoms with E-state index >= 15 is 0 Å². The minimum atomic E-state index is -0.828. The van der Waals surface area contributed by atoms with E-state index in [0.717, 1.165) is 11.3 Å². The molecule has 2 aliphatic rings. The summed E-state index contributed by atoms with van der Waals surface area (Å²) in [6.07, 6.45) is 4.58. The summed E-state index contributed by atoms with van der Waals surface area (Å²) < 4.78 is 5.84. The van der Waals surface area contributed by atoms with E-state index < -0.39 is 17.7 Å². The third-order valence-corrected chi connectivity index (χ3v) is 7.32. The molecule has 1 atom stereocenters. The van der Waals surface area contributed by atoms with Gasteiger partial charge < -0.3 is 15.7 Å². The fourth-order valence-electron chi connectivity index (χ4n) is 3.89. The van der Waals surface area contributed by atoms with Crippen molar-refractivity contribution >= 4 is 51.2 Å². The van der Waals surface area contributed by atoms with Crippen LogP contribution < -0.4 is 5.84 Å². The molecular weight excluding hydrogens is 553 g/mol. The quantitative estimate of drug-likeness (QED) is 0.0606. The highest BCUT2D eigenvalue weighted by molar-refractivity contribution is 14.1. The van der Waals surface area contributed by atoms with Crippen molar-refractivity contribution in [3.8, 4) is 0 Å². The van der Waals surface area contributed by atoms with Crippen molar-refractivity contribution in [3.63, 3.8) is 0 Å². The van der Waals surface area contributed by atoms with Crippen LogP contribution in [0.15, 0.2) is 64.2 Å². The smallest absolute Gasteiger partial charge is 0.301 e. The third kappa shape index (κ3) is 5.13. The first-order valence-electron chi connectivity index (χ1n) is 10.5. The molecule has 0 bridgehead atoms. The number of likely N-dealkylation sites (tertiary alicyclic amines) is 1. The van der Waals surface area contributed by atoms with E-state index in [9.17, 15) is 14.7 Å². The number of ether oxygens (including phenoxy) is 1. The van der Waals surface area contributed by atoms with Crippen LogP contribution in [0.3, 0.4) is 0 Å². The number of rotatable bonds is 4. The lowest BCUT2D eigenvalue weighted by molar-refractivity contribution is -0.137. The predicted molar refractivity (Wildman–Crippen MR) is 140 cm³/mol. The number of thioether (sulfide) groups is 1. The molecule has 1 aliphatic heterocycles. The molecule has 1 fully saturated rings. The van der Waals surface area contributed by atoms with Crippen molar-refractivity contribution in [1.82, 2.24) is 4.90 Å². The van der Waals surface area contributed by atoms with Crippen LogP contribution in [0, 0.1) is 0 Å². The maximum Gasteiger partial charge on any atom is 0.301 e. The van der Waals surface area contributed by atoms with Crippen LogP contribution in [0.25, 0.3) is 0 Å². The number of hydrazone groups is 1. The van der Waals surface area contributed by atoms with E-state index in [1.807, 2.05) is 24.3 Å². The number of carbonyl (C=O) groups is 2. The van der Waals surface area contributed by atoms with Crippen molar-refractivity contribution in [2.45, 2.75) is 45.1 Å². The van der Waals surface area contributed by atoms with Gasteiger partial charge in [0.1, 0.15) is 5.76 Å². The van der Waals surface area contributed by atoms with Crippen molar-refractivity contribution in [1.29, 1.82) is 0 Å². The minimum Gasteiger partial charge on any atom is -0.507 e. The van der Waals surface area contributed by atoms with Gasteiger partial charge in [-0.3, -0.25) is 14.5 Å². The molecule has 1 aromatic carbocycles. The molecule has 1 aromatic rings. The van der Waals surface area contributed by atoms with Crippen LogP contribution in [0.2, 0.25) is 0 Å². The Morgan fingerprint density at radius 1 is 1.24 bits per heavy atom. The van der Waals surface area contributed by atoms with Crippen LogP contribution in [0.4, 0.5) is 0 Å². The monoisotopic (exact) mass is 581 g/mol. The maximum absolute atomic E-state index is 13.2. The Morgan fingerprint density at radius 3 is 2.39 bits per heavy atom. The molecule has 1 heterocycles. The van der Waals surface area contributed by atoms with E-state index in [2.05, 4.69) is 48.5 Å². The predicted octanol–water partition coefficient (Wildman–Crippen LogP) is 4.85. The largest absolute Gasteiger partial charge is 0.507 e. The normalized spacial score (nSPS) is 21.2. The van der Waals surface area contributed by atoms with Gasteiger partial charge in [-0.2, -0.15) is 5.10 Å². The van der Waals surface area contributed by atoms with Gasteiger partial charge >= 0.3 is 5.91 Å². The number of Topliss-reactive ketones (excluding diaryl/α,β-unsaturated/α-hetero) is 1. The summed E-state index contributed by atoms with van der Waals surface area (Å²) in [7, 11) is 1.59. The molecule has 0 radical (unpaired) electrons. The second-order valence-corrected chi connectivity index (χ2v) is 11.5. The number of aliphatic hydroxyl groups is 1. The second kappa shape index (κ2) is 10.3. The summed E-state index contributed by atoms with van der Waals surface area (Å²) in [5.74, 6) is 4.71. The molecular formula is C24H28IN3O4S. The Kier molecular flexibility index (Phi) is 7.94. The van der Waals surface area contributed by atoms with Gasteiger partial charge in [-0.1, -0.05) is 85.5 Å². The fourth-order valence-corrected chi connectivity index (χ4v) is 5.22. The minimum absolute atomic E-state index is 0.0410. The molecule has 33 heavy (non-hydrogen) atoms. The number of hydrogen-bond acceptors (Lipinski definition) is 7. The summed E-state index contributed by atoms with van der Waals surface area (Å²) in [6.45, 7) is 6.34. The fraction of sp³-hybridized carbons (Fsp3) is 0.375. The molecule has 0 spiro atoms. The summed E-state index contributed by atoms with van der Waals surface area (Å²) >= 11 is 3.39. The maximum atomic E-state index is 13.2. The number of benzene rings is 1. The van der Waals surface area contributed by atoms with E-state index in [1.165, 1.54) is 16.7 Å². The van der Waals surface area contributed by atoms with Crippen LogP contribution in [0.1, 0.15) is 50.8 Å². The standard InChI is InChI=1S/C24H28IN3O4S/c1-24(2,3)16-9-5-14(6-10-16)19-18(20(29)15-7-11-17(32-4)12-8-15)21(30)22(31)28(19)23(27-26)33-13-25/h5-7,9-11,19,29H,8,12-13,26H2,1-4H3/b20-18?,27-23-. The summed E-state index contributed by atoms with van der Waals surface area (Å²) in [4.78, 5) is 27.6. The number of allylic oxidation sites excluding steroid dienone is 4. The average Bonchev–Trinajstić information content (AvgIpc) is 3.07. The molecule has 7 nitrogen and oxygen atoms in total. The number of nitrogens with zero attached hydrogens (tertiary/aromatic N) is 2. The van der Waals surface area contributed by atoms with Crippen molar-refractivity contribution in [2.24, 2.45) is 10.9 Å².